The van der Waals surface area contributed by atoms with Gasteiger partial charge in [-0.05, 0) is 49.2 Å². The van der Waals surface area contributed by atoms with Crippen molar-refractivity contribution in [1.82, 2.24) is 9.55 Å². The average molecular weight is 547 g/mol. The zero-order chi connectivity index (χ0) is 28.2. The molecule has 3 rings (SSSR count). The molecule has 1 heterocycles. The van der Waals surface area contributed by atoms with Crippen LogP contribution in [0.1, 0.15) is 44.2 Å². The number of benzene rings is 2. The lowest BCUT2D eigenvalue weighted by atomic mass is 10.2. The van der Waals surface area contributed by atoms with Crippen LogP contribution in [0.15, 0.2) is 67.3 Å². The summed E-state index contributed by atoms with van der Waals surface area (Å²) in [6.45, 7) is 4.19. The van der Waals surface area contributed by atoms with Crippen molar-refractivity contribution in [3.8, 4) is 11.5 Å². The lowest BCUT2D eigenvalue weighted by Gasteiger charge is -2.17. The maximum atomic E-state index is 12.6. The highest BCUT2D eigenvalue weighted by molar-refractivity contribution is 5.70. The Morgan fingerprint density at radius 3 is 1.97 bits per heavy atom. The molecule has 0 radical (unpaired) electrons. The minimum absolute atomic E-state index is 0.0434. The number of imidazole rings is 1. The summed E-state index contributed by atoms with van der Waals surface area (Å²) in [4.78, 5) is 15.5. The molecule has 0 N–H and O–H groups in total. The molecule has 1 atom stereocenters. The summed E-state index contributed by atoms with van der Waals surface area (Å²) in [5.74, 6) is 0.343. The molecular weight excluding hydrogens is 518 g/mol. The van der Waals surface area contributed by atoms with Crippen molar-refractivity contribution in [2.45, 2.75) is 51.6 Å². The Balaban J connectivity index is 0.000000293. The number of halogens is 6. The van der Waals surface area contributed by atoms with Gasteiger partial charge in [0.05, 0.1) is 17.7 Å². The number of hydrogen-bond acceptors (Lipinski definition) is 5. The monoisotopic (exact) mass is 546 g/mol. The van der Waals surface area contributed by atoms with E-state index in [9.17, 15) is 31.1 Å². The van der Waals surface area contributed by atoms with Gasteiger partial charge in [-0.3, -0.25) is 0 Å². The number of alkyl halides is 6. The number of carbonyl (C=O) groups is 1. The molecule has 0 spiro atoms. The molecule has 2 aromatic carbocycles. The van der Waals surface area contributed by atoms with Gasteiger partial charge in [0, 0.05) is 12.4 Å². The van der Waals surface area contributed by atoms with Crippen LogP contribution in [0.2, 0.25) is 0 Å². The van der Waals surface area contributed by atoms with Crippen LogP contribution in [-0.4, -0.2) is 35.0 Å². The number of unbranched alkanes of at least 4 members (excludes halogenated alkanes) is 1. The van der Waals surface area contributed by atoms with Gasteiger partial charge in [-0.1, -0.05) is 32.4 Å². The van der Waals surface area contributed by atoms with E-state index in [2.05, 4.69) is 4.98 Å². The molecule has 3 aromatic rings. The highest BCUT2D eigenvalue weighted by Gasteiger charge is 2.31. The van der Waals surface area contributed by atoms with Crippen LogP contribution in [0, 0.1) is 0 Å². The van der Waals surface area contributed by atoms with E-state index in [1.165, 1.54) is 43.0 Å². The first-order chi connectivity index (χ1) is 17.9. The van der Waals surface area contributed by atoms with Crippen LogP contribution >= 0.6 is 0 Å². The molecule has 0 aliphatic heterocycles. The molecule has 1 unspecified atom stereocenters. The summed E-state index contributed by atoms with van der Waals surface area (Å²) in [6, 6.07) is 9.49. The van der Waals surface area contributed by atoms with Gasteiger partial charge in [-0.2, -0.15) is 26.3 Å². The molecule has 1 aromatic heterocycles. The Bertz CT molecular complexity index is 1120. The third-order valence-electron chi connectivity index (χ3n) is 4.96. The lowest BCUT2D eigenvalue weighted by Crippen LogP contribution is -2.26. The number of aromatic nitrogens is 2. The molecule has 0 aliphatic rings. The molecule has 12 heteroatoms. The third kappa shape index (κ3) is 10.3. The standard InChI is InChI=1S/C15H15F3N2O3.C11H13F3O/c1-2-12(23-14(21)20-7-6-19-10-20)9-22-13-5-3-4-11(8-13)15(16,17)18;1-2-3-7-15-10-6-4-5-9(8-10)11(12,13)14/h3-8,10,12H,2,9H2,1H3;4-6,8H,2-3,7H2,1H3. The summed E-state index contributed by atoms with van der Waals surface area (Å²) < 4.78 is 91.6. The van der Waals surface area contributed by atoms with Crippen molar-refractivity contribution in [1.29, 1.82) is 0 Å². The molecule has 0 aliphatic carbocycles. The number of carbonyl (C=O) groups excluding carboxylic acids is 1. The number of hydrogen-bond donors (Lipinski definition) is 0. The second-order valence-electron chi connectivity index (χ2n) is 7.95. The number of ether oxygens (including phenoxy) is 3. The maximum absolute atomic E-state index is 12.6. The van der Waals surface area contributed by atoms with Gasteiger partial charge in [0.1, 0.15) is 30.5 Å². The van der Waals surface area contributed by atoms with E-state index < -0.39 is 35.7 Å². The van der Waals surface area contributed by atoms with Crippen molar-refractivity contribution in [3.63, 3.8) is 0 Å². The second-order valence-corrected chi connectivity index (χ2v) is 7.95. The Labute approximate surface area is 216 Å². The Morgan fingerprint density at radius 2 is 1.50 bits per heavy atom. The van der Waals surface area contributed by atoms with E-state index in [0.717, 1.165) is 41.7 Å². The Morgan fingerprint density at radius 1 is 0.921 bits per heavy atom. The first-order valence-corrected chi connectivity index (χ1v) is 11.7. The minimum atomic E-state index is -4.43. The normalized spacial score (nSPS) is 12.2. The van der Waals surface area contributed by atoms with Gasteiger partial charge in [0.15, 0.2) is 0 Å². The zero-order valence-electron chi connectivity index (χ0n) is 20.8. The van der Waals surface area contributed by atoms with Crippen LogP contribution in [0.5, 0.6) is 11.5 Å². The summed E-state index contributed by atoms with van der Waals surface area (Å²) in [5.41, 5.74) is -1.46. The molecule has 0 bridgehead atoms. The number of rotatable bonds is 9. The van der Waals surface area contributed by atoms with Gasteiger partial charge < -0.3 is 14.2 Å². The van der Waals surface area contributed by atoms with Gasteiger partial charge in [-0.15, -0.1) is 0 Å². The largest absolute Gasteiger partial charge is 0.494 e. The molecule has 0 fully saturated rings. The van der Waals surface area contributed by atoms with Gasteiger partial charge in [0.25, 0.3) is 0 Å². The van der Waals surface area contributed by atoms with Crippen LogP contribution in [0.3, 0.4) is 0 Å². The van der Waals surface area contributed by atoms with Crippen molar-refractivity contribution in [3.05, 3.63) is 78.4 Å². The van der Waals surface area contributed by atoms with E-state index in [-0.39, 0.29) is 18.1 Å². The zero-order valence-corrected chi connectivity index (χ0v) is 20.8. The smallest absolute Gasteiger partial charge is 0.419 e. The average Bonchev–Trinajstić information content (AvgIpc) is 3.42. The van der Waals surface area contributed by atoms with E-state index in [0.29, 0.717) is 13.0 Å². The Kier molecular flexibility index (Phi) is 11.5. The summed E-state index contributed by atoms with van der Waals surface area (Å²) in [7, 11) is 0. The molecule has 208 valence electrons. The predicted octanol–water partition coefficient (Wildman–Crippen LogP) is 7.63. The maximum Gasteiger partial charge on any atom is 0.419 e. The van der Waals surface area contributed by atoms with E-state index in [4.69, 9.17) is 14.2 Å². The van der Waals surface area contributed by atoms with Crippen molar-refractivity contribution >= 4 is 6.09 Å². The molecule has 38 heavy (non-hydrogen) atoms. The second kappa shape index (κ2) is 14.3. The first-order valence-electron chi connectivity index (χ1n) is 11.7. The van der Waals surface area contributed by atoms with Crippen LogP contribution in [0.25, 0.3) is 0 Å². The fourth-order valence-electron chi connectivity index (χ4n) is 2.85. The molecular formula is C26H28F6N2O4. The van der Waals surface area contributed by atoms with E-state index >= 15 is 0 Å². The van der Waals surface area contributed by atoms with Gasteiger partial charge in [0.2, 0.25) is 0 Å². The first kappa shape index (κ1) is 30.5. The third-order valence-corrected chi connectivity index (χ3v) is 4.96. The molecule has 0 saturated heterocycles. The minimum Gasteiger partial charge on any atom is -0.494 e. The predicted molar refractivity (Wildman–Crippen MR) is 127 cm³/mol. The van der Waals surface area contributed by atoms with Gasteiger partial charge in [-0.25, -0.2) is 14.3 Å². The molecule has 6 nitrogen and oxygen atoms in total. The Hall–Kier alpha value is -3.70. The van der Waals surface area contributed by atoms with Crippen molar-refractivity contribution in [2.24, 2.45) is 0 Å². The van der Waals surface area contributed by atoms with Gasteiger partial charge >= 0.3 is 18.4 Å². The van der Waals surface area contributed by atoms with Crippen molar-refractivity contribution in [2.75, 3.05) is 13.2 Å². The topological polar surface area (TPSA) is 62.6 Å². The highest BCUT2D eigenvalue weighted by Crippen LogP contribution is 2.32. The van der Waals surface area contributed by atoms with Crippen LogP contribution in [-0.2, 0) is 17.1 Å². The van der Waals surface area contributed by atoms with E-state index in [1.54, 1.807) is 6.92 Å². The van der Waals surface area contributed by atoms with E-state index in [1.807, 2.05) is 6.92 Å². The lowest BCUT2D eigenvalue weighted by molar-refractivity contribution is -0.138. The summed E-state index contributed by atoms with van der Waals surface area (Å²) >= 11 is 0. The quantitative estimate of drug-likeness (QED) is 0.204. The SMILES string of the molecule is CCC(COc1cccc(C(F)(F)F)c1)OC(=O)n1ccnc1.CCCCOc1cccc(C(F)(F)F)c1. The fraction of sp³-hybridized carbons (Fsp3) is 0.385. The fourth-order valence-corrected chi connectivity index (χ4v) is 2.85. The summed E-state index contributed by atoms with van der Waals surface area (Å²) in [5, 5.41) is 0. The molecule has 0 saturated carbocycles. The van der Waals surface area contributed by atoms with Crippen LogP contribution in [0.4, 0.5) is 31.1 Å². The van der Waals surface area contributed by atoms with Crippen LogP contribution < -0.4 is 9.47 Å². The highest BCUT2D eigenvalue weighted by atomic mass is 19.4. The van der Waals surface area contributed by atoms with Crippen molar-refractivity contribution < 1.29 is 45.3 Å². The molecule has 0 amide bonds. The summed E-state index contributed by atoms with van der Waals surface area (Å²) in [6.07, 6.45) is -3.52. The number of nitrogens with zero attached hydrogens (tertiary/aromatic N) is 2.